The number of carbonyl (C=O) groups excluding carboxylic acids is 1. The lowest BCUT2D eigenvalue weighted by atomic mass is 10.2. The number of carbonyl (C=O) groups is 1. The van der Waals surface area contributed by atoms with Crippen LogP contribution in [0.5, 0.6) is 0 Å². The Balaban J connectivity index is 2.75. The Labute approximate surface area is 110 Å². The van der Waals surface area contributed by atoms with Crippen LogP contribution in [0.15, 0.2) is 12.3 Å². The molecular weight excluding hydrogens is 258 g/mol. The molecule has 0 aromatic carbocycles. The van der Waals surface area contributed by atoms with Gasteiger partial charge in [-0.25, -0.2) is 0 Å². The monoisotopic (exact) mass is 273 g/mol. The molecule has 1 heterocycles. The number of alkyl halides is 1. The van der Waals surface area contributed by atoms with Crippen molar-refractivity contribution in [2.75, 3.05) is 0 Å². The van der Waals surface area contributed by atoms with Crippen molar-refractivity contribution in [1.82, 2.24) is 9.88 Å². The van der Waals surface area contributed by atoms with E-state index in [1.807, 2.05) is 13.8 Å². The van der Waals surface area contributed by atoms with Crippen LogP contribution in [0.1, 0.15) is 30.8 Å². The van der Waals surface area contributed by atoms with Crippen LogP contribution in [0.4, 0.5) is 5.69 Å². The fourth-order valence-corrected chi connectivity index (χ4v) is 1.98. The SMILES string of the molecule is CC(Cl)CC(C)NC(=O)c1cc([N+](=O)[O-])cn1C. The Bertz CT molecular complexity index is 456. The highest BCUT2D eigenvalue weighted by atomic mass is 35.5. The second kappa shape index (κ2) is 5.86. The van der Waals surface area contributed by atoms with Crippen molar-refractivity contribution in [3.05, 3.63) is 28.1 Å². The van der Waals surface area contributed by atoms with Crippen molar-refractivity contribution in [3.8, 4) is 0 Å². The minimum atomic E-state index is -0.527. The third-order valence-corrected chi connectivity index (χ3v) is 2.67. The Morgan fingerprint density at radius 1 is 1.61 bits per heavy atom. The maximum absolute atomic E-state index is 11.9. The van der Waals surface area contributed by atoms with Gasteiger partial charge in [0.05, 0.1) is 11.1 Å². The van der Waals surface area contributed by atoms with Gasteiger partial charge in [-0.2, -0.15) is 0 Å². The minimum Gasteiger partial charge on any atom is -0.348 e. The number of nitro groups is 1. The molecule has 0 spiro atoms. The molecule has 2 unspecified atom stereocenters. The molecule has 1 N–H and O–H groups in total. The number of aryl methyl sites for hydroxylation is 1. The van der Waals surface area contributed by atoms with Gasteiger partial charge in [0.25, 0.3) is 11.6 Å². The smallest absolute Gasteiger partial charge is 0.287 e. The van der Waals surface area contributed by atoms with Crippen molar-refractivity contribution in [3.63, 3.8) is 0 Å². The molecule has 0 radical (unpaired) electrons. The maximum Gasteiger partial charge on any atom is 0.287 e. The zero-order chi connectivity index (χ0) is 13.9. The summed E-state index contributed by atoms with van der Waals surface area (Å²) < 4.78 is 1.43. The summed E-state index contributed by atoms with van der Waals surface area (Å²) in [7, 11) is 1.59. The van der Waals surface area contributed by atoms with E-state index in [0.717, 1.165) is 0 Å². The molecule has 100 valence electrons. The first-order chi connectivity index (χ1) is 8.31. The first kappa shape index (κ1) is 14.5. The van der Waals surface area contributed by atoms with Crippen molar-refractivity contribution in [1.29, 1.82) is 0 Å². The number of nitrogens with one attached hydrogen (secondary N) is 1. The Morgan fingerprint density at radius 3 is 2.67 bits per heavy atom. The van der Waals surface area contributed by atoms with E-state index in [2.05, 4.69) is 5.32 Å². The Kier molecular flexibility index (Phi) is 4.72. The van der Waals surface area contributed by atoms with E-state index < -0.39 is 4.92 Å². The van der Waals surface area contributed by atoms with Crippen molar-refractivity contribution < 1.29 is 9.72 Å². The summed E-state index contributed by atoms with van der Waals surface area (Å²) >= 11 is 5.83. The molecule has 1 amide bonds. The topological polar surface area (TPSA) is 77.2 Å². The fraction of sp³-hybridized carbons (Fsp3) is 0.545. The van der Waals surface area contributed by atoms with E-state index in [-0.39, 0.29) is 28.7 Å². The maximum atomic E-state index is 11.9. The van der Waals surface area contributed by atoms with E-state index in [1.165, 1.54) is 16.8 Å². The molecule has 0 aliphatic heterocycles. The first-order valence-corrected chi connectivity index (χ1v) is 6.00. The van der Waals surface area contributed by atoms with Crippen molar-refractivity contribution >= 4 is 23.2 Å². The molecule has 0 fully saturated rings. The summed E-state index contributed by atoms with van der Waals surface area (Å²) in [6.45, 7) is 3.69. The van der Waals surface area contributed by atoms with Crippen molar-refractivity contribution in [2.45, 2.75) is 31.7 Å². The molecule has 0 aliphatic rings. The Hall–Kier alpha value is -1.56. The second-order valence-corrected chi connectivity index (χ2v) is 5.09. The number of halogens is 1. The lowest BCUT2D eigenvalue weighted by Gasteiger charge is -2.14. The zero-order valence-corrected chi connectivity index (χ0v) is 11.3. The molecular formula is C11H16ClN3O3. The van der Waals surface area contributed by atoms with Crippen LogP contribution in [-0.4, -0.2) is 26.8 Å². The van der Waals surface area contributed by atoms with E-state index in [0.29, 0.717) is 6.42 Å². The van der Waals surface area contributed by atoms with Gasteiger partial charge in [0.15, 0.2) is 0 Å². The quantitative estimate of drug-likeness (QED) is 0.507. The van der Waals surface area contributed by atoms with Crippen LogP contribution in [0, 0.1) is 10.1 Å². The number of hydrogen-bond donors (Lipinski definition) is 1. The van der Waals surface area contributed by atoms with Crippen LogP contribution in [-0.2, 0) is 7.05 Å². The summed E-state index contributed by atoms with van der Waals surface area (Å²) in [6.07, 6.45) is 1.95. The molecule has 7 heteroatoms. The molecule has 0 saturated heterocycles. The lowest BCUT2D eigenvalue weighted by molar-refractivity contribution is -0.384. The standard InChI is InChI=1S/C11H16ClN3O3/c1-7(12)4-8(2)13-11(16)10-5-9(15(17)18)6-14(10)3/h5-8H,4H2,1-3H3,(H,13,16). The fourth-order valence-electron chi connectivity index (χ4n) is 1.72. The van der Waals surface area contributed by atoms with Gasteiger partial charge in [0, 0.05) is 24.5 Å². The molecule has 1 aromatic heterocycles. The van der Waals surface area contributed by atoms with E-state index in [9.17, 15) is 14.9 Å². The van der Waals surface area contributed by atoms with Gasteiger partial charge in [0.1, 0.15) is 5.69 Å². The number of hydrogen-bond acceptors (Lipinski definition) is 3. The normalized spacial score (nSPS) is 14.0. The summed E-state index contributed by atoms with van der Waals surface area (Å²) in [4.78, 5) is 22.0. The van der Waals surface area contributed by atoms with Gasteiger partial charge in [0.2, 0.25) is 0 Å². The van der Waals surface area contributed by atoms with Crippen LogP contribution >= 0.6 is 11.6 Å². The molecule has 6 nitrogen and oxygen atoms in total. The number of nitrogens with zero attached hydrogens (tertiary/aromatic N) is 2. The molecule has 0 saturated carbocycles. The largest absolute Gasteiger partial charge is 0.348 e. The Morgan fingerprint density at radius 2 is 2.22 bits per heavy atom. The van der Waals surface area contributed by atoms with Crippen LogP contribution in [0.3, 0.4) is 0 Å². The predicted octanol–water partition coefficient (Wildman–Crippen LogP) is 2.07. The highest BCUT2D eigenvalue weighted by molar-refractivity contribution is 6.20. The molecule has 1 aromatic rings. The average molecular weight is 274 g/mol. The average Bonchev–Trinajstić information content (AvgIpc) is 2.58. The van der Waals surface area contributed by atoms with Gasteiger partial charge in [-0.05, 0) is 20.3 Å². The summed E-state index contributed by atoms with van der Waals surface area (Å²) in [6, 6.07) is 1.17. The number of rotatable bonds is 5. The number of amides is 1. The summed E-state index contributed by atoms with van der Waals surface area (Å²) in [5, 5.41) is 13.3. The zero-order valence-electron chi connectivity index (χ0n) is 10.5. The van der Waals surface area contributed by atoms with Gasteiger partial charge < -0.3 is 9.88 Å². The highest BCUT2D eigenvalue weighted by Gasteiger charge is 2.19. The molecule has 0 bridgehead atoms. The lowest BCUT2D eigenvalue weighted by Crippen LogP contribution is -2.34. The van der Waals surface area contributed by atoms with Gasteiger partial charge in [-0.15, -0.1) is 11.6 Å². The molecule has 0 aliphatic carbocycles. The van der Waals surface area contributed by atoms with Gasteiger partial charge in [-0.1, -0.05) is 0 Å². The molecule has 18 heavy (non-hydrogen) atoms. The molecule has 1 rings (SSSR count). The summed E-state index contributed by atoms with van der Waals surface area (Å²) in [5.74, 6) is -0.338. The second-order valence-electron chi connectivity index (χ2n) is 4.34. The van der Waals surface area contributed by atoms with Gasteiger partial charge in [-0.3, -0.25) is 14.9 Å². The van der Waals surface area contributed by atoms with Crippen LogP contribution in [0.25, 0.3) is 0 Å². The van der Waals surface area contributed by atoms with E-state index in [4.69, 9.17) is 11.6 Å². The number of aromatic nitrogens is 1. The third kappa shape index (κ3) is 3.73. The van der Waals surface area contributed by atoms with Gasteiger partial charge >= 0.3 is 0 Å². The van der Waals surface area contributed by atoms with E-state index in [1.54, 1.807) is 7.05 Å². The minimum absolute atomic E-state index is 0.0388. The van der Waals surface area contributed by atoms with Crippen molar-refractivity contribution in [2.24, 2.45) is 7.05 Å². The summed E-state index contributed by atoms with van der Waals surface area (Å²) in [5.41, 5.74) is 0.164. The highest BCUT2D eigenvalue weighted by Crippen LogP contribution is 2.15. The predicted molar refractivity (Wildman–Crippen MR) is 68.9 cm³/mol. The first-order valence-electron chi connectivity index (χ1n) is 5.57. The van der Waals surface area contributed by atoms with Crippen LogP contribution < -0.4 is 5.32 Å². The molecule has 2 atom stereocenters. The van der Waals surface area contributed by atoms with Crippen LogP contribution in [0.2, 0.25) is 0 Å². The van der Waals surface area contributed by atoms with E-state index >= 15 is 0 Å². The third-order valence-electron chi connectivity index (χ3n) is 2.49.